The van der Waals surface area contributed by atoms with E-state index in [9.17, 15) is 14.7 Å². The van der Waals surface area contributed by atoms with Gasteiger partial charge in [0.05, 0.1) is 6.10 Å². The standard InChI is InChI=1S/C17H26N2O3/c1-4-8-13-9-6-7-10-14(13)19-17(22)16(21)18-11-15(20)12(3)5-2/h6-7,9-10,12,15,20H,4-5,8,11H2,1-3H3,(H,18,21)(H,19,22). The van der Waals surface area contributed by atoms with Gasteiger partial charge in [-0.15, -0.1) is 0 Å². The molecule has 2 unspecified atom stereocenters. The summed E-state index contributed by atoms with van der Waals surface area (Å²) >= 11 is 0. The van der Waals surface area contributed by atoms with Crippen molar-refractivity contribution in [2.45, 2.75) is 46.1 Å². The van der Waals surface area contributed by atoms with Crippen LogP contribution in [0.2, 0.25) is 0 Å². The van der Waals surface area contributed by atoms with Crippen molar-refractivity contribution in [2.24, 2.45) is 5.92 Å². The van der Waals surface area contributed by atoms with Gasteiger partial charge in [-0.05, 0) is 24.0 Å². The molecule has 0 saturated carbocycles. The van der Waals surface area contributed by atoms with Crippen molar-refractivity contribution in [1.29, 1.82) is 0 Å². The number of anilines is 1. The normalized spacial score (nSPS) is 13.3. The second-order valence-electron chi connectivity index (χ2n) is 5.52. The van der Waals surface area contributed by atoms with Crippen molar-refractivity contribution in [3.05, 3.63) is 29.8 Å². The Morgan fingerprint density at radius 1 is 1.18 bits per heavy atom. The van der Waals surface area contributed by atoms with E-state index in [4.69, 9.17) is 0 Å². The molecule has 2 atom stereocenters. The van der Waals surface area contributed by atoms with Crippen LogP contribution in [0.5, 0.6) is 0 Å². The first-order valence-electron chi connectivity index (χ1n) is 7.84. The molecule has 22 heavy (non-hydrogen) atoms. The van der Waals surface area contributed by atoms with Gasteiger partial charge in [0.2, 0.25) is 0 Å². The molecular weight excluding hydrogens is 280 g/mol. The van der Waals surface area contributed by atoms with Crippen molar-refractivity contribution < 1.29 is 14.7 Å². The zero-order valence-electron chi connectivity index (χ0n) is 13.6. The Balaban J connectivity index is 2.56. The van der Waals surface area contributed by atoms with Crippen molar-refractivity contribution in [3.8, 4) is 0 Å². The molecule has 1 rings (SSSR count). The molecule has 1 aromatic rings. The van der Waals surface area contributed by atoms with Gasteiger partial charge in [0.25, 0.3) is 0 Å². The molecule has 0 bridgehead atoms. The number of rotatable bonds is 7. The van der Waals surface area contributed by atoms with E-state index in [1.165, 1.54) is 0 Å². The monoisotopic (exact) mass is 306 g/mol. The van der Waals surface area contributed by atoms with Gasteiger partial charge >= 0.3 is 11.8 Å². The molecule has 5 nitrogen and oxygen atoms in total. The summed E-state index contributed by atoms with van der Waals surface area (Å²) in [6.07, 6.45) is 1.97. The van der Waals surface area contributed by atoms with Crippen LogP contribution < -0.4 is 10.6 Å². The molecule has 0 spiro atoms. The molecule has 0 fully saturated rings. The fraction of sp³-hybridized carbons (Fsp3) is 0.529. The lowest BCUT2D eigenvalue weighted by Gasteiger charge is -2.17. The lowest BCUT2D eigenvalue weighted by atomic mass is 10.0. The third-order valence-electron chi connectivity index (χ3n) is 3.76. The van der Waals surface area contributed by atoms with Crippen LogP contribution in [0.3, 0.4) is 0 Å². The van der Waals surface area contributed by atoms with Crippen LogP contribution in [-0.2, 0) is 16.0 Å². The zero-order chi connectivity index (χ0) is 16.5. The van der Waals surface area contributed by atoms with E-state index in [1.54, 1.807) is 6.07 Å². The van der Waals surface area contributed by atoms with Crippen molar-refractivity contribution >= 4 is 17.5 Å². The molecule has 3 N–H and O–H groups in total. The number of carbonyl (C=O) groups excluding carboxylic acids is 2. The number of aliphatic hydroxyl groups is 1. The second kappa shape index (κ2) is 9.20. The number of benzene rings is 1. The largest absolute Gasteiger partial charge is 0.391 e. The predicted molar refractivity (Wildman–Crippen MR) is 87.5 cm³/mol. The van der Waals surface area contributed by atoms with Gasteiger partial charge in [-0.3, -0.25) is 9.59 Å². The minimum absolute atomic E-state index is 0.0774. The van der Waals surface area contributed by atoms with Crippen molar-refractivity contribution in [1.82, 2.24) is 5.32 Å². The fourth-order valence-corrected chi connectivity index (χ4v) is 2.06. The number of para-hydroxylation sites is 1. The maximum absolute atomic E-state index is 11.9. The van der Waals surface area contributed by atoms with Crippen LogP contribution in [0.4, 0.5) is 5.69 Å². The number of nitrogens with one attached hydrogen (secondary N) is 2. The first kappa shape index (κ1) is 18.2. The number of aryl methyl sites for hydroxylation is 1. The second-order valence-corrected chi connectivity index (χ2v) is 5.52. The molecule has 0 aromatic heterocycles. The van der Waals surface area contributed by atoms with E-state index < -0.39 is 17.9 Å². The van der Waals surface area contributed by atoms with Gasteiger partial charge in [0.1, 0.15) is 0 Å². The van der Waals surface area contributed by atoms with Gasteiger partial charge in [0.15, 0.2) is 0 Å². The van der Waals surface area contributed by atoms with Crippen LogP contribution >= 0.6 is 0 Å². The Labute approximate surface area is 132 Å². The Hall–Kier alpha value is -1.88. The first-order chi connectivity index (χ1) is 10.5. The van der Waals surface area contributed by atoms with E-state index in [0.717, 1.165) is 24.8 Å². The fourth-order valence-electron chi connectivity index (χ4n) is 2.06. The topological polar surface area (TPSA) is 78.4 Å². The third kappa shape index (κ3) is 5.48. The molecule has 0 aliphatic heterocycles. The minimum Gasteiger partial charge on any atom is -0.391 e. The lowest BCUT2D eigenvalue weighted by Crippen LogP contribution is -2.41. The molecule has 0 heterocycles. The van der Waals surface area contributed by atoms with E-state index >= 15 is 0 Å². The average Bonchev–Trinajstić information content (AvgIpc) is 2.53. The van der Waals surface area contributed by atoms with Gasteiger partial charge in [-0.2, -0.15) is 0 Å². The van der Waals surface area contributed by atoms with Crippen LogP contribution in [0.25, 0.3) is 0 Å². The molecular formula is C17H26N2O3. The number of amides is 2. The minimum atomic E-state index is -0.728. The quantitative estimate of drug-likeness (QED) is 0.675. The highest BCUT2D eigenvalue weighted by molar-refractivity contribution is 6.39. The first-order valence-corrected chi connectivity index (χ1v) is 7.84. The van der Waals surface area contributed by atoms with Gasteiger partial charge < -0.3 is 15.7 Å². The SMILES string of the molecule is CCCc1ccccc1NC(=O)C(=O)NCC(O)C(C)CC. The highest BCUT2D eigenvalue weighted by Gasteiger charge is 2.18. The van der Waals surface area contributed by atoms with Crippen LogP contribution in [0.15, 0.2) is 24.3 Å². The van der Waals surface area contributed by atoms with Crippen molar-refractivity contribution in [2.75, 3.05) is 11.9 Å². The summed E-state index contributed by atoms with van der Waals surface area (Å²) in [6.45, 7) is 6.00. The molecule has 2 amide bonds. The van der Waals surface area contributed by atoms with Gasteiger partial charge in [0, 0.05) is 12.2 Å². The zero-order valence-corrected chi connectivity index (χ0v) is 13.6. The lowest BCUT2D eigenvalue weighted by molar-refractivity contribution is -0.136. The van der Waals surface area contributed by atoms with E-state index in [-0.39, 0.29) is 12.5 Å². The highest BCUT2D eigenvalue weighted by Crippen LogP contribution is 2.16. The van der Waals surface area contributed by atoms with Crippen molar-refractivity contribution in [3.63, 3.8) is 0 Å². The smallest absolute Gasteiger partial charge is 0.313 e. The number of carbonyl (C=O) groups is 2. The molecule has 0 saturated heterocycles. The Bertz CT molecular complexity index is 502. The van der Waals surface area contributed by atoms with Gasteiger partial charge in [-0.1, -0.05) is 51.8 Å². The summed E-state index contributed by atoms with van der Waals surface area (Å²) in [6, 6.07) is 7.44. The number of hydrogen-bond donors (Lipinski definition) is 3. The molecule has 1 aromatic carbocycles. The Morgan fingerprint density at radius 2 is 1.86 bits per heavy atom. The molecule has 5 heteroatoms. The van der Waals surface area contributed by atoms with Crippen LogP contribution in [0, 0.1) is 5.92 Å². The van der Waals surface area contributed by atoms with E-state index in [2.05, 4.69) is 17.6 Å². The third-order valence-corrected chi connectivity index (χ3v) is 3.76. The number of aliphatic hydroxyl groups excluding tert-OH is 1. The van der Waals surface area contributed by atoms with E-state index in [0.29, 0.717) is 5.69 Å². The summed E-state index contributed by atoms with van der Waals surface area (Å²) in [5, 5.41) is 14.9. The summed E-state index contributed by atoms with van der Waals surface area (Å²) in [7, 11) is 0. The highest BCUT2D eigenvalue weighted by atomic mass is 16.3. The summed E-state index contributed by atoms with van der Waals surface area (Å²) < 4.78 is 0. The summed E-state index contributed by atoms with van der Waals surface area (Å²) in [5.74, 6) is -1.36. The molecule has 0 aliphatic rings. The average molecular weight is 306 g/mol. The van der Waals surface area contributed by atoms with Gasteiger partial charge in [-0.25, -0.2) is 0 Å². The van der Waals surface area contributed by atoms with E-state index in [1.807, 2.05) is 32.0 Å². The maximum Gasteiger partial charge on any atom is 0.313 e. The number of hydrogen-bond acceptors (Lipinski definition) is 3. The summed E-state index contributed by atoms with van der Waals surface area (Å²) in [4.78, 5) is 23.7. The summed E-state index contributed by atoms with van der Waals surface area (Å²) in [5.41, 5.74) is 1.66. The Kier molecular flexibility index (Phi) is 7.60. The molecule has 0 aliphatic carbocycles. The molecule has 0 radical (unpaired) electrons. The maximum atomic E-state index is 11.9. The van der Waals surface area contributed by atoms with Crippen LogP contribution in [0.1, 0.15) is 39.2 Å². The predicted octanol–water partition coefficient (Wildman–Crippen LogP) is 2.10. The van der Waals surface area contributed by atoms with Crippen LogP contribution in [-0.4, -0.2) is 29.6 Å². The Morgan fingerprint density at radius 3 is 2.50 bits per heavy atom. The molecule has 122 valence electrons.